The standard InChI is InChI=1S/C90H172O13/c1-3-5-7-9-11-13-15-17-19-21-23-24-25-26-28-30-32-38-44-50-56-62-68-78(88(99)100-73-81-83(94)85(96)87(98)90(102-81)103-89-86(97)84(95)82(93)80(72-91)101-89)79(92)69-63-57-51-45-39-43-49-55-61-67-77-71-76(77)66-60-54-48-42-37-34-33-36-41-47-53-59-65-75-70-74(75)64-58-52-46-40-35-31-29-27-22-20-18-16-14-12-10-8-6-4-2/h74-87,89-98H,3-73H2,1-2H3/t74-,75+,76-,77+,78-,79-,80-,81-,82-,83-,84+,85+,86-,87-,89-,90-/m1/s1. The molecule has 0 aromatic carbocycles. The Morgan fingerprint density at radius 2 is 0.544 bits per heavy atom. The van der Waals surface area contributed by atoms with E-state index in [9.17, 15) is 45.6 Å². The molecule has 16 atom stereocenters. The van der Waals surface area contributed by atoms with E-state index < -0.39 is 92.6 Å². The Morgan fingerprint density at radius 1 is 0.311 bits per heavy atom. The van der Waals surface area contributed by atoms with Crippen molar-refractivity contribution >= 4 is 5.97 Å². The molecule has 0 aromatic heterocycles. The number of esters is 1. The Hall–Kier alpha value is -0.970. The van der Waals surface area contributed by atoms with Gasteiger partial charge in [0.05, 0.1) is 18.6 Å². The molecule has 4 fully saturated rings. The van der Waals surface area contributed by atoms with Gasteiger partial charge in [-0.15, -0.1) is 0 Å². The Balaban J connectivity index is 0.941. The average Bonchev–Trinajstić information content (AvgIpc) is 1.56. The molecule has 13 heteroatoms. The number of rotatable bonds is 76. The lowest BCUT2D eigenvalue weighted by molar-refractivity contribution is -0.376. The van der Waals surface area contributed by atoms with E-state index >= 15 is 0 Å². The molecule has 0 amide bonds. The molecule has 4 rings (SSSR count). The fourth-order valence-electron chi connectivity index (χ4n) is 17.3. The van der Waals surface area contributed by atoms with Crippen molar-refractivity contribution in [1.82, 2.24) is 0 Å². The first kappa shape index (κ1) is 94.4. The molecular formula is C90H172O13. The van der Waals surface area contributed by atoms with Gasteiger partial charge in [-0.1, -0.05) is 431 Å². The molecule has 0 radical (unpaired) electrons. The second-order valence-electron chi connectivity index (χ2n) is 34.3. The lowest BCUT2D eigenvalue weighted by Crippen LogP contribution is -2.63. The summed E-state index contributed by atoms with van der Waals surface area (Å²) in [4.78, 5) is 13.9. The first-order valence-corrected chi connectivity index (χ1v) is 46.0. The maximum atomic E-state index is 13.9. The normalized spacial score (nSPS) is 25.4. The van der Waals surface area contributed by atoms with Crippen molar-refractivity contribution in [1.29, 1.82) is 0 Å². The van der Waals surface area contributed by atoms with Gasteiger partial charge >= 0.3 is 5.97 Å². The monoisotopic (exact) mass is 1460 g/mol. The number of aliphatic hydroxyl groups excluding tert-OH is 8. The van der Waals surface area contributed by atoms with E-state index in [1.807, 2.05) is 0 Å². The Labute approximate surface area is 634 Å². The number of hydrogen-bond acceptors (Lipinski definition) is 13. The molecule has 8 N–H and O–H groups in total. The first-order valence-electron chi connectivity index (χ1n) is 46.0. The number of hydrogen-bond donors (Lipinski definition) is 8. The predicted octanol–water partition coefficient (Wildman–Crippen LogP) is 22.6. The summed E-state index contributed by atoms with van der Waals surface area (Å²) >= 11 is 0. The molecular weight excluding hydrogens is 1290 g/mol. The van der Waals surface area contributed by atoms with Gasteiger partial charge in [0.2, 0.25) is 0 Å². The van der Waals surface area contributed by atoms with E-state index in [0.717, 1.165) is 68.6 Å². The van der Waals surface area contributed by atoms with Gasteiger partial charge < -0.3 is 59.8 Å². The second kappa shape index (κ2) is 64.7. The highest BCUT2D eigenvalue weighted by atomic mass is 16.8. The number of carbonyl (C=O) groups is 1. The van der Waals surface area contributed by atoms with E-state index in [-0.39, 0.29) is 0 Å². The van der Waals surface area contributed by atoms with Crippen LogP contribution in [0.1, 0.15) is 457 Å². The van der Waals surface area contributed by atoms with Crippen molar-refractivity contribution in [2.75, 3.05) is 13.2 Å². The molecule has 0 unspecified atom stereocenters. The van der Waals surface area contributed by atoms with E-state index in [1.165, 1.54) is 379 Å². The highest BCUT2D eigenvalue weighted by Gasteiger charge is 2.50. The van der Waals surface area contributed by atoms with Gasteiger partial charge in [0.25, 0.3) is 0 Å². The zero-order chi connectivity index (χ0) is 73.8. The summed E-state index contributed by atoms with van der Waals surface area (Å²) in [5, 5.41) is 84.6. The van der Waals surface area contributed by atoms with Crippen LogP contribution in [-0.4, -0.2) is 128 Å². The van der Waals surface area contributed by atoms with Gasteiger partial charge in [-0.25, -0.2) is 0 Å². The van der Waals surface area contributed by atoms with E-state index in [1.54, 1.807) is 6.42 Å². The van der Waals surface area contributed by atoms with Gasteiger partial charge in [-0.2, -0.15) is 0 Å². The molecule has 13 nitrogen and oxygen atoms in total. The summed E-state index contributed by atoms with van der Waals surface area (Å²) in [7, 11) is 0. The highest BCUT2D eigenvalue weighted by Crippen LogP contribution is 2.47. The van der Waals surface area contributed by atoms with Crippen LogP contribution in [0.15, 0.2) is 0 Å². The van der Waals surface area contributed by atoms with Crippen LogP contribution in [0.25, 0.3) is 0 Å². The van der Waals surface area contributed by atoms with Crippen LogP contribution in [-0.2, 0) is 23.7 Å². The van der Waals surface area contributed by atoms with Crippen LogP contribution in [0.3, 0.4) is 0 Å². The number of ether oxygens (including phenoxy) is 4. The van der Waals surface area contributed by atoms with Crippen LogP contribution in [0.5, 0.6) is 0 Å². The predicted molar refractivity (Wildman–Crippen MR) is 426 cm³/mol. The zero-order valence-corrected chi connectivity index (χ0v) is 67.6. The largest absolute Gasteiger partial charge is 0.463 e. The fraction of sp³-hybridized carbons (Fsp3) is 0.989. The molecule has 0 aromatic rings. The van der Waals surface area contributed by atoms with Crippen LogP contribution >= 0.6 is 0 Å². The molecule has 0 spiro atoms. The number of aliphatic hydroxyl groups is 8. The fourth-order valence-corrected chi connectivity index (χ4v) is 17.3. The van der Waals surface area contributed by atoms with Crippen molar-refractivity contribution in [3.05, 3.63) is 0 Å². The lowest BCUT2D eigenvalue weighted by Gasteiger charge is -2.44. The maximum Gasteiger partial charge on any atom is 0.311 e. The van der Waals surface area contributed by atoms with E-state index in [4.69, 9.17) is 18.9 Å². The van der Waals surface area contributed by atoms with Gasteiger partial charge in [0.1, 0.15) is 55.4 Å². The molecule has 610 valence electrons. The highest BCUT2D eigenvalue weighted by molar-refractivity contribution is 5.73. The third kappa shape index (κ3) is 47.1. The maximum absolute atomic E-state index is 13.9. The van der Waals surface area contributed by atoms with Crippen LogP contribution in [0.4, 0.5) is 0 Å². The van der Waals surface area contributed by atoms with Gasteiger partial charge in [0.15, 0.2) is 12.6 Å². The van der Waals surface area contributed by atoms with Crippen molar-refractivity contribution < 1.29 is 64.6 Å². The van der Waals surface area contributed by atoms with Crippen molar-refractivity contribution in [2.45, 2.75) is 524 Å². The Kier molecular flexibility index (Phi) is 59.3. The molecule has 0 bridgehead atoms. The molecule has 103 heavy (non-hydrogen) atoms. The summed E-state index contributed by atoms with van der Waals surface area (Å²) in [6.07, 6.45) is 75.4. The third-order valence-corrected chi connectivity index (χ3v) is 24.9. The molecule has 2 saturated heterocycles. The van der Waals surface area contributed by atoms with Crippen LogP contribution in [0.2, 0.25) is 0 Å². The number of unbranched alkanes of at least 4 members (excludes halogenated alkanes) is 57. The van der Waals surface area contributed by atoms with Gasteiger partial charge in [-0.05, 0) is 49.4 Å². The SMILES string of the molecule is CCCCCCCCCCCCCCCCCCCCCCCC[C@@H](C(=O)OC[C@H]1O[C@H](O[C@H]2O[C@H](CO)[C@@H](O)[C@H](O)[C@H]2O)[C@H](O)[C@@H](O)[C@@H]1O)[C@H](O)CCCCCCCCCCC[C@H]1C[C@H]1CCCCCCCCCCCCCC[C@H]1C[C@H]1CCCCCCCCCCCCCCCCCCCC. The molecule has 2 saturated carbocycles. The van der Waals surface area contributed by atoms with Crippen LogP contribution < -0.4 is 0 Å². The minimum Gasteiger partial charge on any atom is -0.463 e. The molecule has 4 aliphatic rings. The van der Waals surface area contributed by atoms with Crippen molar-refractivity contribution in [2.24, 2.45) is 29.6 Å². The summed E-state index contributed by atoms with van der Waals surface area (Å²) in [6.45, 7) is 3.38. The van der Waals surface area contributed by atoms with E-state index in [0.29, 0.717) is 12.8 Å². The zero-order valence-electron chi connectivity index (χ0n) is 67.6. The third-order valence-electron chi connectivity index (χ3n) is 24.9. The molecule has 2 aliphatic carbocycles. The van der Waals surface area contributed by atoms with Gasteiger partial charge in [0, 0.05) is 0 Å². The Bertz CT molecular complexity index is 1860. The Morgan fingerprint density at radius 3 is 0.816 bits per heavy atom. The smallest absolute Gasteiger partial charge is 0.311 e. The lowest BCUT2D eigenvalue weighted by atomic mass is 9.91. The quantitative estimate of drug-likeness (QED) is 0.0210. The second-order valence-corrected chi connectivity index (χ2v) is 34.3. The summed E-state index contributed by atoms with van der Waals surface area (Å²) < 4.78 is 22.5. The van der Waals surface area contributed by atoms with Crippen molar-refractivity contribution in [3.63, 3.8) is 0 Å². The summed E-state index contributed by atoms with van der Waals surface area (Å²) in [5.41, 5.74) is 0. The minimum atomic E-state index is -1.82. The molecule has 2 aliphatic heterocycles. The minimum absolute atomic E-state index is 0.457. The summed E-state index contributed by atoms with van der Waals surface area (Å²) in [5.74, 6) is 2.78. The summed E-state index contributed by atoms with van der Waals surface area (Å²) in [6, 6.07) is 0. The number of carbonyl (C=O) groups excluding carboxylic acids is 1. The van der Waals surface area contributed by atoms with Crippen molar-refractivity contribution in [3.8, 4) is 0 Å². The topological polar surface area (TPSA) is 216 Å². The first-order chi connectivity index (χ1) is 50.5. The van der Waals surface area contributed by atoms with Gasteiger partial charge in [-0.3, -0.25) is 4.79 Å². The van der Waals surface area contributed by atoms with E-state index in [2.05, 4.69) is 13.8 Å². The molecule has 2 heterocycles. The average molecular weight is 1460 g/mol. The van der Waals surface area contributed by atoms with Crippen LogP contribution in [0, 0.1) is 29.6 Å².